The molecule has 1 heterocycles. The van der Waals surface area contributed by atoms with E-state index < -0.39 is 0 Å². The Morgan fingerprint density at radius 2 is 1.68 bits per heavy atom. The van der Waals surface area contributed by atoms with Crippen LogP contribution in [0.5, 0.6) is 0 Å². The standard InChI is InChI=1S/C17H36N4.HI/c1-2-3-4-5-6-7-12-19-17(18)20-13-8-9-14-21-15-10-11-16-21;/h2-16H2,1H3,(H3,18,19,20);1H. The normalized spacial score (nSPS) is 15.8. The first kappa shape index (κ1) is 22.0. The highest BCUT2D eigenvalue weighted by Crippen LogP contribution is 2.08. The molecule has 0 aliphatic carbocycles. The zero-order valence-electron chi connectivity index (χ0n) is 14.5. The Hall–Kier alpha value is -0.0400. The molecule has 1 aliphatic heterocycles. The molecule has 22 heavy (non-hydrogen) atoms. The Morgan fingerprint density at radius 1 is 1.00 bits per heavy atom. The molecule has 3 N–H and O–H groups in total. The number of nitrogens with one attached hydrogen (secondary N) is 1. The van der Waals surface area contributed by atoms with Gasteiger partial charge < -0.3 is 16.0 Å². The second-order valence-electron chi connectivity index (χ2n) is 6.22. The molecule has 4 nitrogen and oxygen atoms in total. The van der Waals surface area contributed by atoms with Crippen molar-refractivity contribution in [3.8, 4) is 0 Å². The molecule has 0 aromatic rings. The first-order valence-corrected chi connectivity index (χ1v) is 9.09. The Balaban J connectivity index is 0.00000441. The minimum atomic E-state index is 0. The summed E-state index contributed by atoms with van der Waals surface area (Å²) in [4.78, 5) is 6.96. The highest BCUT2D eigenvalue weighted by atomic mass is 127. The van der Waals surface area contributed by atoms with Crippen LogP contribution in [0.3, 0.4) is 0 Å². The summed E-state index contributed by atoms with van der Waals surface area (Å²) >= 11 is 0. The van der Waals surface area contributed by atoms with E-state index in [0.29, 0.717) is 5.96 Å². The van der Waals surface area contributed by atoms with Gasteiger partial charge >= 0.3 is 0 Å². The minimum absolute atomic E-state index is 0. The first-order chi connectivity index (χ1) is 10.3. The zero-order chi connectivity index (χ0) is 15.2. The molecule has 0 bridgehead atoms. The van der Waals surface area contributed by atoms with Crippen LogP contribution in [0.2, 0.25) is 0 Å². The van der Waals surface area contributed by atoms with Crippen molar-refractivity contribution >= 4 is 29.9 Å². The van der Waals surface area contributed by atoms with Gasteiger partial charge in [0.15, 0.2) is 5.96 Å². The summed E-state index contributed by atoms with van der Waals surface area (Å²) < 4.78 is 0. The lowest BCUT2D eigenvalue weighted by Crippen LogP contribution is -2.33. The first-order valence-electron chi connectivity index (χ1n) is 9.09. The molecule has 0 amide bonds. The highest BCUT2D eigenvalue weighted by Gasteiger charge is 2.09. The van der Waals surface area contributed by atoms with Gasteiger partial charge in [0.05, 0.1) is 0 Å². The van der Waals surface area contributed by atoms with Crippen molar-refractivity contribution in [3.05, 3.63) is 0 Å². The molecule has 0 radical (unpaired) electrons. The summed E-state index contributed by atoms with van der Waals surface area (Å²) in [7, 11) is 0. The number of rotatable bonds is 12. The van der Waals surface area contributed by atoms with Crippen molar-refractivity contribution in [2.45, 2.75) is 71.1 Å². The molecular formula is C17H37IN4. The van der Waals surface area contributed by atoms with E-state index in [4.69, 9.17) is 5.73 Å². The Bertz CT molecular complexity index is 265. The van der Waals surface area contributed by atoms with E-state index in [1.165, 1.54) is 83.8 Å². The number of hydrogen-bond acceptors (Lipinski definition) is 2. The van der Waals surface area contributed by atoms with E-state index in [-0.39, 0.29) is 24.0 Å². The van der Waals surface area contributed by atoms with E-state index >= 15 is 0 Å². The molecular weight excluding hydrogens is 387 g/mol. The fourth-order valence-corrected chi connectivity index (χ4v) is 2.83. The number of guanidine groups is 1. The SMILES string of the molecule is CCCCCCCCN=C(N)NCCCCN1CCCC1.I. The van der Waals surface area contributed by atoms with Gasteiger partial charge in [-0.2, -0.15) is 0 Å². The van der Waals surface area contributed by atoms with Gasteiger partial charge in [0.25, 0.3) is 0 Å². The van der Waals surface area contributed by atoms with Gasteiger partial charge in [0.1, 0.15) is 0 Å². The van der Waals surface area contributed by atoms with Gasteiger partial charge in [-0.05, 0) is 51.7 Å². The van der Waals surface area contributed by atoms with E-state index in [2.05, 4.69) is 22.1 Å². The van der Waals surface area contributed by atoms with Crippen molar-refractivity contribution in [3.63, 3.8) is 0 Å². The van der Waals surface area contributed by atoms with Crippen molar-refractivity contribution in [2.75, 3.05) is 32.7 Å². The van der Waals surface area contributed by atoms with Gasteiger partial charge in [-0.3, -0.25) is 4.99 Å². The Labute approximate surface area is 154 Å². The van der Waals surface area contributed by atoms with Crippen LogP contribution < -0.4 is 11.1 Å². The lowest BCUT2D eigenvalue weighted by molar-refractivity contribution is 0.330. The maximum atomic E-state index is 5.87. The topological polar surface area (TPSA) is 53.6 Å². The molecule has 0 spiro atoms. The third-order valence-electron chi connectivity index (χ3n) is 4.20. The molecule has 1 aliphatic rings. The van der Waals surface area contributed by atoms with Crippen LogP contribution in [0.15, 0.2) is 4.99 Å². The molecule has 0 atom stereocenters. The molecule has 1 fully saturated rings. The van der Waals surface area contributed by atoms with Crippen LogP contribution in [0, 0.1) is 0 Å². The van der Waals surface area contributed by atoms with E-state index in [0.717, 1.165) is 13.1 Å². The average molecular weight is 424 g/mol. The summed E-state index contributed by atoms with van der Waals surface area (Å²) in [5, 5.41) is 3.23. The van der Waals surface area contributed by atoms with Crippen molar-refractivity contribution in [1.82, 2.24) is 10.2 Å². The van der Waals surface area contributed by atoms with E-state index in [1.807, 2.05) is 0 Å². The fourth-order valence-electron chi connectivity index (χ4n) is 2.83. The Morgan fingerprint density at radius 3 is 2.41 bits per heavy atom. The van der Waals surface area contributed by atoms with Crippen molar-refractivity contribution in [1.29, 1.82) is 0 Å². The second-order valence-corrected chi connectivity index (χ2v) is 6.22. The van der Waals surface area contributed by atoms with E-state index in [9.17, 15) is 0 Å². The van der Waals surface area contributed by atoms with Crippen molar-refractivity contribution in [2.24, 2.45) is 10.7 Å². The number of nitrogens with zero attached hydrogens (tertiary/aromatic N) is 2. The van der Waals surface area contributed by atoms with Gasteiger partial charge in [-0.15, -0.1) is 24.0 Å². The summed E-state index contributed by atoms with van der Waals surface area (Å²) in [6, 6.07) is 0. The summed E-state index contributed by atoms with van der Waals surface area (Å²) in [5.74, 6) is 0.629. The monoisotopic (exact) mass is 424 g/mol. The average Bonchev–Trinajstić information content (AvgIpc) is 2.99. The predicted molar refractivity (Wildman–Crippen MR) is 108 cm³/mol. The van der Waals surface area contributed by atoms with Crippen LogP contribution in [-0.2, 0) is 0 Å². The number of aliphatic imine (C=N–C) groups is 1. The molecule has 0 aromatic heterocycles. The van der Waals surface area contributed by atoms with Crippen LogP contribution in [0.1, 0.15) is 71.1 Å². The molecule has 0 saturated carbocycles. The zero-order valence-corrected chi connectivity index (χ0v) is 16.8. The lowest BCUT2D eigenvalue weighted by atomic mass is 10.1. The predicted octanol–water partition coefficient (Wildman–Crippen LogP) is 3.75. The van der Waals surface area contributed by atoms with Crippen LogP contribution in [0.25, 0.3) is 0 Å². The quantitative estimate of drug-likeness (QED) is 0.217. The molecule has 0 unspecified atom stereocenters. The van der Waals surface area contributed by atoms with Crippen molar-refractivity contribution < 1.29 is 0 Å². The second kappa shape index (κ2) is 15.8. The number of halogens is 1. The number of unbranched alkanes of at least 4 members (excludes halogenated alkanes) is 6. The van der Waals surface area contributed by atoms with Gasteiger partial charge in [-0.25, -0.2) is 0 Å². The Kier molecular flexibility index (Phi) is 15.8. The highest BCUT2D eigenvalue weighted by molar-refractivity contribution is 14.0. The minimum Gasteiger partial charge on any atom is -0.370 e. The molecule has 1 rings (SSSR count). The smallest absolute Gasteiger partial charge is 0.188 e. The van der Waals surface area contributed by atoms with Crippen LogP contribution >= 0.6 is 24.0 Å². The maximum Gasteiger partial charge on any atom is 0.188 e. The third-order valence-corrected chi connectivity index (χ3v) is 4.20. The lowest BCUT2D eigenvalue weighted by Gasteiger charge is -2.14. The largest absolute Gasteiger partial charge is 0.370 e. The molecule has 0 aromatic carbocycles. The third kappa shape index (κ3) is 12.5. The summed E-state index contributed by atoms with van der Waals surface area (Å²) in [6.45, 7) is 7.93. The summed E-state index contributed by atoms with van der Waals surface area (Å²) in [6.07, 6.45) is 13.1. The fraction of sp³-hybridized carbons (Fsp3) is 0.941. The van der Waals surface area contributed by atoms with Crippen LogP contribution in [-0.4, -0.2) is 43.6 Å². The molecule has 1 saturated heterocycles. The van der Waals surface area contributed by atoms with Gasteiger partial charge in [0, 0.05) is 13.1 Å². The molecule has 5 heteroatoms. The number of likely N-dealkylation sites (tertiary alicyclic amines) is 1. The summed E-state index contributed by atoms with van der Waals surface area (Å²) in [5.41, 5.74) is 5.87. The number of hydrogen-bond donors (Lipinski definition) is 2. The number of nitrogens with two attached hydrogens (primary N) is 1. The maximum absolute atomic E-state index is 5.87. The van der Waals surface area contributed by atoms with E-state index in [1.54, 1.807) is 0 Å². The van der Waals surface area contributed by atoms with Crippen LogP contribution in [0.4, 0.5) is 0 Å². The van der Waals surface area contributed by atoms with Gasteiger partial charge in [-0.1, -0.05) is 39.0 Å². The molecule has 132 valence electrons. The van der Waals surface area contributed by atoms with Gasteiger partial charge in [0.2, 0.25) is 0 Å².